The molecule has 0 aromatic rings. The first-order chi connectivity index (χ1) is 9.19. The summed E-state index contributed by atoms with van der Waals surface area (Å²) in [5, 5.41) is 11.9. The summed E-state index contributed by atoms with van der Waals surface area (Å²) >= 11 is 0. The SMILES string of the molecule is C=C=C=CC1=C(/C=C/C(C)=NC)C(C)(C)N(O)C1(C)C. The van der Waals surface area contributed by atoms with Crippen molar-refractivity contribution in [2.75, 3.05) is 7.05 Å². The van der Waals surface area contributed by atoms with Crippen LogP contribution in [0.15, 0.2) is 52.4 Å². The molecule has 20 heavy (non-hydrogen) atoms. The zero-order valence-electron chi connectivity index (χ0n) is 13.3. The Morgan fingerprint density at radius 1 is 1.25 bits per heavy atom. The summed E-state index contributed by atoms with van der Waals surface area (Å²) < 4.78 is 0. The fraction of sp³-hybridized carbons (Fsp3) is 0.471. The summed E-state index contributed by atoms with van der Waals surface area (Å²) in [6.45, 7) is 13.4. The smallest absolute Gasteiger partial charge is 0.0672 e. The van der Waals surface area contributed by atoms with E-state index in [4.69, 9.17) is 0 Å². The van der Waals surface area contributed by atoms with Crippen molar-refractivity contribution in [2.45, 2.75) is 45.7 Å². The van der Waals surface area contributed by atoms with Crippen LogP contribution in [0.25, 0.3) is 0 Å². The van der Waals surface area contributed by atoms with Gasteiger partial charge in [-0.3, -0.25) is 4.99 Å². The van der Waals surface area contributed by atoms with Crippen molar-refractivity contribution < 1.29 is 5.21 Å². The van der Waals surface area contributed by atoms with Gasteiger partial charge in [0.1, 0.15) is 0 Å². The van der Waals surface area contributed by atoms with Gasteiger partial charge in [0.25, 0.3) is 0 Å². The van der Waals surface area contributed by atoms with E-state index in [0.717, 1.165) is 16.9 Å². The molecule has 0 radical (unpaired) electrons. The number of hydrogen-bond donors (Lipinski definition) is 1. The van der Waals surface area contributed by atoms with E-state index in [-0.39, 0.29) is 0 Å². The maximum absolute atomic E-state index is 10.5. The van der Waals surface area contributed by atoms with Gasteiger partial charge in [0, 0.05) is 12.8 Å². The summed E-state index contributed by atoms with van der Waals surface area (Å²) in [5.41, 5.74) is 7.52. The molecular formula is C17H24N2O. The fourth-order valence-corrected chi connectivity index (χ4v) is 2.54. The molecule has 1 rings (SSSR count). The lowest BCUT2D eigenvalue weighted by Crippen LogP contribution is -2.48. The quantitative estimate of drug-likeness (QED) is 0.628. The minimum Gasteiger partial charge on any atom is -0.312 e. The van der Waals surface area contributed by atoms with Crippen LogP contribution in [0.3, 0.4) is 0 Å². The lowest BCUT2D eigenvalue weighted by Gasteiger charge is -2.36. The predicted molar refractivity (Wildman–Crippen MR) is 84.2 cm³/mol. The van der Waals surface area contributed by atoms with Gasteiger partial charge in [-0.05, 0) is 64.5 Å². The minimum absolute atomic E-state index is 0.483. The topological polar surface area (TPSA) is 35.8 Å². The van der Waals surface area contributed by atoms with Crippen LogP contribution in [-0.2, 0) is 0 Å². The molecule has 0 bridgehead atoms. The standard InChI is InChI=1S/C17H24N2O/c1-8-9-10-14-15(12-11-13(2)18-7)17(5,6)19(20)16(14,3)4/h10-12,20H,1H2,2-7H3/b12-11+,18-13?. The third-order valence-corrected chi connectivity index (χ3v) is 3.83. The Hall–Kier alpha value is -1.63. The van der Waals surface area contributed by atoms with E-state index < -0.39 is 11.1 Å². The summed E-state index contributed by atoms with van der Waals surface area (Å²) in [5.74, 6) is 0. The Morgan fingerprint density at radius 3 is 2.30 bits per heavy atom. The highest BCUT2D eigenvalue weighted by molar-refractivity contribution is 5.93. The molecule has 0 aromatic heterocycles. The van der Waals surface area contributed by atoms with Crippen molar-refractivity contribution in [3.05, 3.63) is 47.4 Å². The number of nitrogens with zero attached hydrogens (tertiary/aromatic N) is 2. The molecule has 0 saturated heterocycles. The average molecular weight is 272 g/mol. The molecule has 0 atom stereocenters. The molecule has 1 N–H and O–H groups in total. The zero-order valence-corrected chi connectivity index (χ0v) is 13.3. The van der Waals surface area contributed by atoms with Gasteiger partial charge in [-0.2, -0.15) is 5.06 Å². The maximum atomic E-state index is 10.5. The Labute approximate surface area is 122 Å². The molecule has 3 heteroatoms. The first kappa shape index (κ1) is 16.4. The fourth-order valence-electron chi connectivity index (χ4n) is 2.54. The van der Waals surface area contributed by atoms with Crippen LogP contribution in [0.1, 0.15) is 34.6 Å². The zero-order chi connectivity index (χ0) is 15.6. The molecule has 0 unspecified atom stereocenters. The van der Waals surface area contributed by atoms with Crippen molar-refractivity contribution in [1.29, 1.82) is 0 Å². The summed E-state index contributed by atoms with van der Waals surface area (Å²) in [4.78, 5) is 4.12. The van der Waals surface area contributed by atoms with E-state index in [0.29, 0.717) is 0 Å². The van der Waals surface area contributed by atoms with Crippen molar-refractivity contribution in [1.82, 2.24) is 5.06 Å². The van der Waals surface area contributed by atoms with Gasteiger partial charge in [-0.1, -0.05) is 17.5 Å². The predicted octanol–water partition coefficient (Wildman–Crippen LogP) is 3.69. The molecule has 0 aliphatic carbocycles. The molecule has 1 aliphatic rings. The second kappa shape index (κ2) is 5.78. The lowest BCUT2D eigenvalue weighted by molar-refractivity contribution is -0.186. The summed E-state index contributed by atoms with van der Waals surface area (Å²) in [7, 11) is 1.76. The number of rotatable bonds is 3. The number of hydroxylamine groups is 2. The monoisotopic (exact) mass is 272 g/mol. The number of allylic oxidation sites excluding steroid dienone is 1. The van der Waals surface area contributed by atoms with E-state index >= 15 is 0 Å². The van der Waals surface area contributed by atoms with Gasteiger partial charge in [0.05, 0.1) is 11.1 Å². The van der Waals surface area contributed by atoms with Crippen LogP contribution in [0.4, 0.5) is 0 Å². The molecule has 0 amide bonds. The highest BCUT2D eigenvalue weighted by Gasteiger charge is 2.48. The molecule has 108 valence electrons. The third-order valence-electron chi connectivity index (χ3n) is 3.83. The Kier molecular flexibility index (Phi) is 4.75. The first-order valence-corrected chi connectivity index (χ1v) is 6.66. The molecule has 0 aromatic carbocycles. The molecule has 0 fully saturated rings. The summed E-state index contributed by atoms with van der Waals surface area (Å²) in [6, 6.07) is 0. The number of aliphatic imine (C=N–C) groups is 1. The van der Waals surface area contributed by atoms with Crippen molar-refractivity contribution >= 4 is 5.71 Å². The van der Waals surface area contributed by atoms with Gasteiger partial charge < -0.3 is 5.21 Å². The Balaban J connectivity index is 3.52. The normalized spacial score (nSPS) is 22.1. The van der Waals surface area contributed by atoms with Crippen molar-refractivity contribution in [3.63, 3.8) is 0 Å². The van der Waals surface area contributed by atoms with Crippen LogP contribution < -0.4 is 0 Å². The molecule has 1 heterocycles. The van der Waals surface area contributed by atoms with Gasteiger partial charge in [-0.25, -0.2) is 0 Å². The summed E-state index contributed by atoms with van der Waals surface area (Å²) in [6.07, 6.45) is 5.80. The second-order valence-electron chi connectivity index (χ2n) is 5.92. The van der Waals surface area contributed by atoms with Crippen LogP contribution in [0, 0.1) is 0 Å². The first-order valence-electron chi connectivity index (χ1n) is 6.66. The Morgan fingerprint density at radius 2 is 1.80 bits per heavy atom. The van der Waals surface area contributed by atoms with E-state index in [9.17, 15) is 5.21 Å². The molecule has 0 spiro atoms. The van der Waals surface area contributed by atoms with Crippen molar-refractivity contribution in [3.8, 4) is 0 Å². The molecule has 0 saturated carbocycles. The van der Waals surface area contributed by atoms with E-state index in [1.54, 1.807) is 7.05 Å². The van der Waals surface area contributed by atoms with E-state index in [2.05, 4.69) is 23.0 Å². The second-order valence-corrected chi connectivity index (χ2v) is 5.92. The maximum Gasteiger partial charge on any atom is 0.0672 e. The largest absolute Gasteiger partial charge is 0.312 e. The lowest BCUT2D eigenvalue weighted by atomic mass is 9.90. The van der Waals surface area contributed by atoms with E-state index in [1.165, 1.54) is 5.06 Å². The van der Waals surface area contributed by atoms with Gasteiger partial charge in [0.2, 0.25) is 0 Å². The third kappa shape index (κ3) is 2.77. The van der Waals surface area contributed by atoms with Gasteiger partial charge >= 0.3 is 0 Å². The molecule has 1 aliphatic heterocycles. The van der Waals surface area contributed by atoms with Crippen LogP contribution >= 0.6 is 0 Å². The minimum atomic E-state index is -0.496. The van der Waals surface area contributed by atoms with Gasteiger partial charge in [0.15, 0.2) is 0 Å². The van der Waals surface area contributed by atoms with Crippen LogP contribution in [0.5, 0.6) is 0 Å². The Bertz CT molecular complexity index is 564. The van der Waals surface area contributed by atoms with Crippen molar-refractivity contribution in [2.24, 2.45) is 4.99 Å². The number of hydrogen-bond acceptors (Lipinski definition) is 3. The molecule has 3 nitrogen and oxygen atoms in total. The highest BCUT2D eigenvalue weighted by atomic mass is 16.5. The van der Waals surface area contributed by atoms with E-state index in [1.807, 2.05) is 52.8 Å². The van der Waals surface area contributed by atoms with Crippen LogP contribution in [0.2, 0.25) is 0 Å². The molecular weight excluding hydrogens is 248 g/mol. The van der Waals surface area contributed by atoms with Gasteiger partial charge in [-0.15, -0.1) is 0 Å². The van der Waals surface area contributed by atoms with Crippen LogP contribution in [-0.4, -0.2) is 34.1 Å². The average Bonchev–Trinajstić information content (AvgIpc) is 2.51. The highest BCUT2D eigenvalue weighted by Crippen LogP contribution is 2.44.